The number of aryl methyl sites for hydroxylation is 1. The van der Waals surface area contributed by atoms with Gasteiger partial charge in [0.05, 0.1) is 11.3 Å². The first-order valence-corrected chi connectivity index (χ1v) is 11.4. The molecular formula is C25H27F3N6. The Morgan fingerprint density at radius 2 is 2.00 bits per heavy atom. The van der Waals surface area contributed by atoms with Gasteiger partial charge in [-0.25, -0.2) is 0 Å². The lowest BCUT2D eigenvalue weighted by Crippen LogP contribution is -2.26. The fraction of sp³-hybridized carbons (Fsp3) is 0.360. The maximum atomic E-state index is 13.7. The van der Waals surface area contributed by atoms with Crippen LogP contribution in [0.1, 0.15) is 42.1 Å². The minimum Gasteiger partial charge on any atom is -0.320 e. The lowest BCUT2D eigenvalue weighted by atomic mass is 9.72. The molecule has 1 N–H and O–H groups in total. The molecule has 2 aromatic rings. The first-order valence-electron chi connectivity index (χ1n) is 11.4. The molecule has 0 saturated heterocycles. The van der Waals surface area contributed by atoms with E-state index >= 15 is 0 Å². The third-order valence-electron chi connectivity index (χ3n) is 6.81. The summed E-state index contributed by atoms with van der Waals surface area (Å²) in [5.41, 5.74) is 2.29. The summed E-state index contributed by atoms with van der Waals surface area (Å²) in [6, 6.07) is 6.21. The quantitative estimate of drug-likeness (QED) is 0.653. The molecule has 1 aromatic carbocycles. The van der Waals surface area contributed by atoms with Gasteiger partial charge in [0.1, 0.15) is 18.0 Å². The van der Waals surface area contributed by atoms with Crippen LogP contribution in [-0.2, 0) is 13.6 Å². The van der Waals surface area contributed by atoms with Gasteiger partial charge in [-0.15, -0.1) is 10.2 Å². The number of hydrogen-bond donors (Lipinski definition) is 1. The standard InChI is InChI=1S/C25H27F3N6/c1-16-33-9-5-8-21(25(26,27)28)22(33)14-34(16)20-11-17(13-29-2)10-19(12-20)23(18-6-4-7-18)24-31-30-15-32(24)3/h5,8-12,14-15,18,23,29H,1,4,6-7,13H2,2-3H3. The Kier molecular flexibility index (Phi) is 5.59. The Bertz CT molecular complexity index is 1200. The fourth-order valence-corrected chi connectivity index (χ4v) is 4.96. The van der Waals surface area contributed by atoms with Gasteiger partial charge in [0.25, 0.3) is 0 Å². The van der Waals surface area contributed by atoms with E-state index in [1.165, 1.54) is 23.6 Å². The Balaban J connectivity index is 1.60. The van der Waals surface area contributed by atoms with Gasteiger partial charge in [0.15, 0.2) is 0 Å². The highest BCUT2D eigenvalue weighted by Crippen LogP contribution is 2.46. The summed E-state index contributed by atoms with van der Waals surface area (Å²) in [7, 11) is 3.82. The molecule has 5 rings (SSSR count). The zero-order valence-electron chi connectivity index (χ0n) is 19.2. The first kappa shape index (κ1) is 22.5. The molecular weight excluding hydrogens is 441 g/mol. The van der Waals surface area contributed by atoms with Crippen molar-refractivity contribution in [2.45, 2.75) is 37.9 Å². The molecule has 178 valence electrons. The van der Waals surface area contributed by atoms with Crippen molar-refractivity contribution < 1.29 is 13.2 Å². The molecule has 6 nitrogen and oxygen atoms in total. The molecule has 1 fully saturated rings. The minimum atomic E-state index is -4.45. The van der Waals surface area contributed by atoms with Crippen LogP contribution >= 0.6 is 0 Å². The largest absolute Gasteiger partial charge is 0.418 e. The average Bonchev–Trinajstić information content (AvgIpc) is 3.33. The van der Waals surface area contributed by atoms with E-state index in [-0.39, 0.29) is 11.6 Å². The van der Waals surface area contributed by atoms with E-state index in [1.807, 2.05) is 24.7 Å². The molecule has 0 radical (unpaired) electrons. The molecule has 1 saturated carbocycles. The zero-order valence-corrected chi connectivity index (χ0v) is 19.2. The van der Waals surface area contributed by atoms with E-state index in [0.717, 1.165) is 41.6 Å². The molecule has 0 bridgehead atoms. The lowest BCUT2D eigenvalue weighted by Gasteiger charge is -2.34. The van der Waals surface area contributed by atoms with Crippen molar-refractivity contribution in [1.29, 1.82) is 0 Å². The number of halogens is 3. The molecule has 0 spiro atoms. The number of aromatic nitrogens is 3. The number of benzene rings is 1. The van der Waals surface area contributed by atoms with E-state index in [4.69, 9.17) is 0 Å². The Morgan fingerprint density at radius 3 is 2.62 bits per heavy atom. The molecule has 3 aliphatic rings. The topological polar surface area (TPSA) is 49.2 Å². The molecule has 0 amide bonds. The summed E-state index contributed by atoms with van der Waals surface area (Å²) in [6.45, 7) is 4.73. The summed E-state index contributed by atoms with van der Waals surface area (Å²) in [6.07, 6.45) is 6.30. The van der Waals surface area contributed by atoms with Gasteiger partial charge in [-0.05, 0) is 61.2 Å². The zero-order chi connectivity index (χ0) is 24.0. The second-order valence-corrected chi connectivity index (χ2v) is 9.02. The maximum absolute atomic E-state index is 13.7. The van der Waals surface area contributed by atoms with Crippen LogP contribution in [0, 0.1) is 5.92 Å². The number of allylic oxidation sites excluding steroid dienone is 3. The highest BCUT2D eigenvalue weighted by molar-refractivity contribution is 5.64. The minimum absolute atomic E-state index is 0.0634. The number of hydrogen-bond acceptors (Lipinski definition) is 5. The predicted octanol–water partition coefficient (Wildman–Crippen LogP) is 4.92. The molecule has 34 heavy (non-hydrogen) atoms. The average molecular weight is 469 g/mol. The van der Waals surface area contributed by atoms with Crippen molar-refractivity contribution in [2.24, 2.45) is 13.0 Å². The second kappa shape index (κ2) is 8.47. The molecule has 1 atom stereocenters. The van der Waals surface area contributed by atoms with Gasteiger partial charge in [-0.3, -0.25) is 0 Å². The van der Waals surface area contributed by atoms with Crippen LogP contribution in [0.4, 0.5) is 18.9 Å². The van der Waals surface area contributed by atoms with Crippen molar-refractivity contribution in [1.82, 2.24) is 25.0 Å². The number of nitrogens with one attached hydrogen (secondary N) is 1. The van der Waals surface area contributed by atoms with Gasteiger partial charge < -0.3 is 19.7 Å². The van der Waals surface area contributed by atoms with Crippen LogP contribution in [-0.4, -0.2) is 32.9 Å². The van der Waals surface area contributed by atoms with Crippen LogP contribution in [0.5, 0.6) is 0 Å². The summed E-state index contributed by atoms with van der Waals surface area (Å²) >= 11 is 0. The smallest absolute Gasteiger partial charge is 0.320 e. The molecule has 3 heterocycles. The molecule has 1 aliphatic carbocycles. The third-order valence-corrected chi connectivity index (χ3v) is 6.81. The molecule has 1 unspecified atom stereocenters. The number of nitrogens with zero attached hydrogens (tertiary/aromatic N) is 5. The van der Waals surface area contributed by atoms with Gasteiger partial charge in [0, 0.05) is 37.6 Å². The monoisotopic (exact) mass is 468 g/mol. The van der Waals surface area contributed by atoms with Crippen LogP contribution in [0.15, 0.2) is 72.7 Å². The van der Waals surface area contributed by atoms with E-state index in [1.54, 1.807) is 17.4 Å². The lowest BCUT2D eigenvalue weighted by molar-refractivity contribution is -0.0908. The summed E-state index contributed by atoms with van der Waals surface area (Å²) in [4.78, 5) is 3.22. The van der Waals surface area contributed by atoms with Crippen LogP contribution in [0.2, 0.25) is 0 Å². The first-order chi connectivity index (χ1) is 16.3. The summed E-state index contributed by atoms with van der Waals surface area (Å²) in [5, 5.41) is 11.7. The highest BCUT2D eigenvalue weighted by Gasteiger charge is 2.42. The number of rotatable bonds is 6. The van der Waals surface area contributed by atoms with Crippen LogP contribution in [0.3, 0.4) is 0 Å². The van der Waals surface area contributed by atoms with Crippen LogP contribution in [0.25, 0.3) is 0 Å². The number of fused-ring (bicyclic) bond motifs is 1. The van der Waals surface area contributed by atoms with E-state index in [9.17, 15) is 13.2 Å². The summed E-state index contributed by atoms with van der Waals surface area (Å²) in [5.74, 6) is 1.87. The van der Waals surface area contributed by atoms with Crippen molar-refractivity contribution in [3.63, 3.8) is 0 Å². The normalized spacial score (nSPS) is 19.1. The summed E-state index contributed by atoms with van der Waals surface area (Å²) < 4.78 is 42.9. The SMILES string of the molecule is C=C1N2C=CC=C(C(F)(F)F)C2=CN1c1cc(CNC)cc(C(c2nncn2C)C2CCC2)c1. The highest BCUT2D eigenvalue weighted by atomic mass is 19.4. The predicted molar refractivity (Wildman–Crippen MR) is 124 cm³/mol. The fourth-order valence-electron chi connectivity index (χ4n) is 4.96. The molecule has 2 aliphatic heterocycles. The Labute approximate surface area is 196 Å². The van der Waals surface area contributed by atoms with E-state index in [2.05, 4.69) is 34.2 Å². The second-order valence-electron chi connectivity index (χ2n) is 9.02. The Morgan fingerprint density at radius 1 is 1.21 bits per heavy atom. The maximum Gasteiger partial charge on any atom is 0.418 e. The number of anilines is 1. The van der Waals surface area contributed by atoms with Crippen molar-refractivity contribution in [3.05, 3.63) is 89.7 Å². The van der Waals surface area contributed by atoms with Gasteiger partial charge in [-0.1, -0.05) is 19.1 Å². The van der Waals surface area contributed by atoms with E-state index in [0.29, 0.717) is 18.3 Å². The Hall–Kier alpha value is -3.33. The van der Waals surface area contributed by atoms with Crippen molar-refractivity contribution >= 4 is 5.69 Å². The molecule has 9 heteroatoms. The van der Waals surface area contributed by atoms with Gasteiger partial charge in [0.2, 0.25) is 0 Å². The van der Waals surface area contributed by atoms with Crippen LogP contribution < -0.4 is 10.2 Å². The third kappa shape index (κ3) is 3.83. The van der Waals surface area contributed by atoms with E-state index < -0.39 is 11.7 Å². The van der Waals surface area contributed by atoms with Gasteiger partial charge >= 0.3 is 6.18 Å². The number of alkyl halides is 3. The van der Waals surface area contributed by atoms with Crippen molar-refractivity contribution in [3.8, 4) is 0 Å². The van der Waals surface area contributed by atoms with Gasteiger partial charge in [-0.2, -0.15) is 13.2 Å². The van der Waals surface area contributed by atoms with Crippen molar-refractivity contribution in [2.75, 3.05) is 11.9 Å². The molecule has 1 aromatic heterocycles.